The second-order valence-corrected chi connectivity index (χ2v) is 7.43. The highest BCUT2D eigenvalue weighted by molar-refractivity contribution is 5.92. The number of hydrogen-bond donors (Lipinski definition) is 2. The molecule has 0 aromatic carbocycles. The van der Waals surface area contributed by atoms with Gasteiger partial charge in [0.1, 0.15) is 18.3 Å². The Labute approximate surface area is 175 Å². The van der Waals surface area contributed by atoms with E-state index in [1.165, 1.54) is 13.0 Å². The third-order valence-electron chi connectivity index (χ3n) is 5.14. The first-order valence-corrected chi connectivity index (χ1v) is 9.70. The van der Waals surface area contributed by atoms with Crippen LogP contribution in [0.4, 0.5) is 0 Å². The number of rotatable bonds is 5. The van der Waals surface area contributed by atoms with Crippen molar-refractivity contribution in [3.05, 3.63) is 47.1 Å². The molecule has 1 heterocycles. The van der Waals surface area contributed by atoms with E-state index >= 15 is 0 Å². The van der Waals surface area contributed by atoms with E-state index < -0.39 is 55.4 Å². The zero-order chi connectivity index (χ0) is 22.4. The summed E-state index contributed by atoms with van der Waals surface area (Å²) in [6.07, 6.45) is 3.45. The van der Waals surface area contributed by atoms with Gasteiger partial charge in [-0.15, -0.1) is 0 Å². The third-order valence-corrected chi connectivity index (χ3v) is 5.14. The molecule has 1 aliphatic carbocycles. The van der Waals surface area contributed by atoms with Crippen molar-refractivity contribution in [1.29, 1.82) is 0 Å². The Morgan fingerprint density at radius 2 is 2.00 bits per heavy atom. The van der Waals surface area contributed by atoms with Crippen LogP contribution in [0.1, 0.15) is 33.6 Å². The van der Waals surface area contributed by atoms with Gasteiger partial charge in [-0.3, -0.25) is 4.79 Å². The molecule has 30 heavy (non-hydrogen) atoms. The van der Waals surface area contributed by atoms with E-state index in [-0.39, 0.29) is 11.1 Å². The van der Waals surface area contributed by atoms with Crippen LogP contribution in [-0.2, 0) is 28.6 Å². The summed E-state index contributed by atoms with van der Waals surface area (Å²) < 4.78 is 16.5. The lowest BCUT2D eigenvalue weighted by atomic mass is 9.85. The second-order valence-electron chi connectivity index (χ2n) is 7.43. The van der Waals surface area contributed by atoms with Crippen molar-refractivity contribution in [1.82, 2.24) is 0 Å². The van der Waals surface area contributed by atoms with Crippen molar-refractivity contribution in [3.63, 3.8) is 0 Å². The molecule has 164 valence electrons. The van der Waals surface area contributed by atoms with Crippen LogP contribution in [-0.4, -0.2) is 59.6 Å². The van der Waals surface area contributed by atoms with Crippen LogP contribution in [0.15, 0.2) is 47.1 Å². The molecule has 4 unspecified atom stereocenters. The number of esters is 3. The van der Waals surface area contributed by atoms with E-state index in [1.54, 1.807) is 13.0 Å². The smallest absolute Gasteiger partial charge is 0.336 e. The van der Waals surface area contributed by atoms with Crippen molar-refractivity contribution < 1.29 is 38.8 Å². The maximum Gasteiger partial charge on any atom is 0.336 e. The molecule has 0 radical (unpaired) electrons. The molecule has 2 N–H and O–H groups in total. The standard InChI is InChI=1S/C22H28O8/c1-12-5-6-17(28-15(4)25)13(2)10-19-20(14(3)21(26)29-19)18(9-12)30-22(27)16(11-24)7-8-23/h5,7,10,17-20,23-24H,3,6,8-9,11H2,1-2,4H3/b12-5+,13-10-,16-7+. The van der Waals surface area contributed by atoms with Crippen LogP contribution >= 0.6 is 0 Å². The quantitative estimate of drug-likeness (QED) is 0.297. The fourth-order valence-corrected chi connectivity index (χ4v) is 3.56. The van der Waals surface area contributed by atoms with Crippen molar-refractivity contribution >= 4 is 17.9 Å². The van der Waals surface area contributed by atoms with E-state index in [2.05, 4.69) is 6.58 Å². The van der Waals surface area contributed by atoms with Gasteiger partial charge in [-0.2, -0.15) is 0 Å². The fraction of sp³-hybridized carbons (Fsp3) is 0.500. The van der Waals surface area contributed by atoms with Gasteiger partial charge >= 0.3 is 17.9 Å². The Morgan fingerprint density at radius 3 is 2.60 bits per heavy atom. The summed E-state index contributed by atoms with van der Waals surface area (Å²) in [7, 11) is 0. The highest BCUT2D eigenvalue weighted by Gasteiger charge is 2.45. The first kappa shape index (κ1) is 23.6. The molecule has 2 aliphatic rings. The molecule has 0 aromatic rings. The number of carbonyl (C=O) groups excluding carboxylic acids is 3. The molecule has 8 heteroatoms. The van der Waals surface area contributed by atoms with E-state index in [0.29, 0.717) is 18.4 Å². The van der Waals surface area contributed by atoms with Crippen LogP contribution in [0.3, 0.4) is 0 Å². The van der Waals surface area contributed by atoms with Gasteiger partial charge < -0.3 is 24.4 Å². The van der Waals surface area contributed by atoms with Crippen LogP contribution in [0.25, 0.3) is 0 Å². The van der Waals surface area contributed by atoms with E-state index in [1.807, 2.05) is 13.0 Å². The first-order chi connectivity index (χ1) is 14.2. The number of aliphatic hydroxyl groups is 2. The average Bonchev–Trinajstić information content (AvgIpc) is 2.94. The van der Waals surface area contributed by atoms with Gasteiger partial charge in [0, 0.05) is 25.3 Å². The van der Waals surface area contributed by atoms with Crippen LogP contribution in [0, 0.1) is 5.92 Å². The Kier molecular flexibility index (Phi) is 8.14. The molecule has 0 amide bonds. The Balaban J connectivity index is 2.42. The Morgan fingerprint density at radius 1 is 1.30 bits per heavy atom. The minimum absolute atomic E-state index is 0.0784. The average molecular weight is 420 g/mol. The molecule has 1 fully saturated rings. The van der Waals surface area contributed by atoms with E-state index in [9.17, 15) is 19.5 Å². The first-order valence-electron chi connectivity index (χ1n) is 9.70. The molecule has 0 saturated carbocycles. The highest BCUT2D eigenvalue weighted by atomic mass is 16.6. The maximum absolute atomic E-state index is 12.5. The van der Waals surface area contributed by atoms with Gasteiger partial charge in [0.25, 0.3) is 0 Å². The summed E-state index contributed by atoms with van der Waals surface area (Å²) in [6, 6.07) is 0. The monoisotopic (exact) mass is 420 g/mol. The zero-order valence-corrected chi connectivity index (χ0v) is 17.4. The number of aliphatic hydroxyl groups excluding tert-OH is 2. The minimum Gasteiger partial charge on any atom is -0.458 e. The van der Waals surface area contributed by atoms with E-state index in [4.69, 9.17) is 19.3 Å². The Hall–Kier alpha value is -2.71. The van der Waals surface area contributed by atoms with Gasteiger partial charge in [-0.25, -0.2) is 9.59 Å². The summed E-state index contributed by atoms with van der Waals surface area (Å²) in [5, 5.41) is 18.4. The van der Waals surface area contributed by atoms with Crippen LogP contribution in [0.5, 0.6) is 0 Å². The van der Waals surface area contributed by atoms with Crippen molar-refractivity contribution in [3.8, 4) is 0 Å². The topological polar surface area (TPSA) is 119 Å². The van der Waals surface area contributed by atoms with Gasteiger partial charge in [-0.1, -0.05) is 18.2 Å². The minimum atomic E-state index is -0.786. The molecule has 4 atom stereocenters. The largest absolute Gasteiger partial charge is 0.458 e. The molecule has 0 spiro atoms. The zero-order valence-electron chi connectivity index (χ0n) is 17.4. The van der Waals surface area contributed by atoms with Crippen molar-refractivity contribution in [2.24, 2.45) is 5.92 Å². The summed E-state index contributed by atoms with van der Waals surface area (Å²) in [4.78, 5) is 36.2. The summed E-state index contributed by atoms with van der Waals surface area (Å²) in [6.45, 7) is 7.76. The van der Waals surface area contributed by atoms with Gasteiger partial charge in [0.2, 0.25) is 0 Å². The highest BCUT2D eigenvalue weighted by Crippen LogP contribution is 2.36. The maximum atomic E-state index is 12.5. The predicted molar refractivity (Wildman–Crippen MR) is 107 cm³/mol. The second kappa shape index (κ2) is 10.4. The van der Waals surface area contributed by atoms with Gasteiger partial charge in [-0.05, 0) is 31.6 Å². The lowest BCUT2D eigenvalue weighted by Gasteiger charge is -2.28. The normalized spacial score (nSPS) is 30.9. The molecule has 2 rings (SSSR count). The molecule has 8 nitrogen and oxygen atoms in total. The molecule has 1 saturated heterocycles. The van der Waals surface area contributed by atoms with Crippen molar-refractivity contribution in [2.45, 2.75) is 51.9 Å². The molecule has 0 aromatic heterocycles. The van der Waals surface area contributed by atoms with Gasteiger partial charge in [0.05, 0.1) is 24.7 Å². The Bertz CT molecular complexity index is 804. The number of fused-ring (bicyclic) bond motifs is 1. The number of carbonyl (C=O) groups is 3. The molecular formula is C22H28O8. The summed E-state index contributed by atoms with van der Waals surface area (Å²) >= 11 is 0. The summed E-state index contributed by atoms with van der Waals surface area (Å²) in [5.74, 6) is -2.44. The fourth-order valence-electron chi connectivity index (χ4n) is 3.56. The lowest BCUT2D eigenvalue weighted by Crippen LogP contribution is -2.34. The number of ether oxygens (including phenoxy) is 3. The SMILES string of the molecule is C=C1C(=O)OC2/C=C(/C)C(OC(C)=O)C/C=C(\C)CC(OC(=O)/C(=C/CO)CO)C12. The van der Waals surface area contributed by atoms with Crippen LogP contribution < -0.4 is 0 Å². The van der Waals surface area contributed by atoms with Crippen LogP contribution in [0.2, 0.25) is 0 Å². The molecule has 1 aliphatic heterocycles. The predicted octanol–water partition coefficient (Wildman–Crippen LogP) is 1.53. The molecular weight excluding hydrogens is 392 g/mol. The van der Waals surface area contributed by atoms with Crippen molar-refractivity contribution in [2.75, 3.05) is 13.2 Å². The van der Waals surface area contributed by atoms with Gasteiger partial charge in [0.15, 0.2) is 0 Å². The number of hydrogen-bond acceptors (Lipinski definition) is 8. The molecule has 0 bridgehead atoms. The lowest BCUT2D eigenvalue weighted by molar-refractivity contribution is -0.148. The summed E-state index contributed by atoms with van der Waals surface area (Å²) in [5.41, 5.74) is 1.67. The third kappa shape index (κ3) is 5.67. The van der Waals surface area contributed by atoms with E-state index in [0.717, 1.165) is 5.57 Å².